The number of aliphatic hydroxyl groups excluding tert-OH is 1. The smallest absolute Gasteiger partial charge is 0.128 e. The van der Waals surface area contributed by atoms with Gasteiger partial charge in [-0.05, 0) is 30.0 Å². The molecule has 82 valence electrons. The molecule has 0 aromatic heterocycles. The van der Waals surface area contributed by atoms with Gasteiger partial charge in [-0.15, -0.1) is 0 Å². The Balaban J connectivity index is 2.26. The standard InChI is InChI=1S/C13H18O2/c1-2-3-4-10-7-11-5-6-15-13(11)12(8-10)9-14/h7-8,14H,2-6,9H2,1H3. The maximum atomic E-state index is 9.27. The number of aryl methyl sites for hydroxylation is 1. The third-order valence-corrected chi connectivity index (χ3v) is 2.91. The van der Waals surface area contributed by atoms with Crippen molar-refractivity contribution in [3.05, 3.63) is 28.8 Å². The molecule has 2 rings (SSSR count). The van der Waals surface area contributed by atoms with Crippen LogP contribution in [0.1, 0.15) is 36.5 Å². The van der Waals surface area contributed by atoms with E-state index >= 15 is 0 Å². The van der Waals surface area contributed by atoms with Gasteiger partial charge in [0.25, 0.3) is 0 Å². The van der Waals surface area contributed by atoms with Gasteiger partial charge in [-0.25, -0.2) is 0 Å². The number of unbranched alkanes of at least 4 members (excludes halogenated alkanes) is 1. The molecule has 0 unspecified atom stereocenters. The molecule has 0 saturated heterocycles. The van der Waals surface area contributed by atoms with Gasteiger partial charge in [0, 0.05) is 12.0 Å². The van der Waals surface area contributed by atoms with E-state index in [1.807, 2.05) is 0 Å². The molecular formula is C13H18O2. The average Bonchev–Trinajstić information content (AvgIpc) is 2.73. The quantitative estimate of drug-likeness (QED) is 0.820. The van der Waals surface area contributed by atoms with Gasteiger partial charge in [-0.2, -0.15) is 0 Å². The number of hydrogen-bond acceptors (Lipinski definition) is 2. The number of hydrogen-bond donors (Lipinski definition) is 1. The Hall–Kier alpha value is -1.02. The first-order chi connectivity index (χ1) is 7.35. The van der Waals surface area contributed by atoms with Crippen molar-refractivity contribution in [1.82, 2.24) is 0 Å². The minimum absolute atomic E-state index is 0.0856. The monoisotopic (exact) mass is 206 g/mol. The van der Waals surface area contributed by atoms with Gasteiger partial charge in [0.15, 0.2) is 0 Å². The van der Waals surface area contributed by atoms with Gasteiger partial charge >= 0.3 is 0 Å². The molecule has 0 bridgehead atoms. The molecule has 1 aliphatic heterocycles. The van der Waals surface area contributed by atoms with Crippen molar-refractivity contribution in [1.29, 1.82) is 0 Å². The number of ether oxygens (including phenoxy) is 1. The van der Waals surface area contributed by atoms with E-state index in [2.05, 4.69) is 19.1 Å². The van der Waals surface area contributed by atoms with E-state index in [0.717, 1.165) is 30.8 Å². The Bertz CT molecular complexity index is 345. The largest absolute Gasteiger partial charge is 0.493 e. The molecule has 1 aromatic carbocycles. The Kier molecular flexibility index (Phi) is 3.27. The second-order valence-electron chi connectivity index (χ2n) is 4.10. The van der Waals surface area contributed by atoms with Gasteiger partial charge in [-0.1, -0.05) is 19.4 Å². The lowest BCUT2D eigenvalue weighted by Gasteiger charge is -2.08. The van der Waals surface area contributed by atoms with Crippen LogP contribution in [0.15, 0.2) is 12.1 Å². The second-order valence-corrected chi connectivity index (χ2v) is 4.10. The molecular weight excluding hydrogens is 188 g/mol. The predicted octanol–water partition coefficient (Wildman–Crippen LogP) is 2.46. The summed E-state index contributed by atoms with van der Waals surface area (Å²) in [4.78, 5) is 0. The normalized spacial score (nSPS) is 13.7. The molecule has 1 aliphatic rings. The Morgan fingerprint density at radius 1 is 1.40 bits per heavy atom. The van der Waals surface area contributed by atoms with Crippen molar-refractivity contribution < 1.29 is 9.84 Å². The van der Waals surface area contributed by atoms with Crippen LogP contribution in [0.2, 0.25) is 0 Å². The van der Waals surface area contributed by atoms with Crippen molar-refractivity contribution in [3.63, 3.8) is 0 Å². The van der Waals surface area contributed by atoms with Crippen LogP contribution in [0.25, 0.3) is 0 Å². The summed E-state index contributed by atoms with van der Waals surface area (Å²) in [6.07, 6.45) is 4.52. The third kappa shape index (κ3) is 2.15. The topological polar surface area (TPSA) is 29.5 Å². The van der Waals surface area contributed by atoms with Crippen LogP contribution in [0, 0.1) is 0 Å². The third-order valence-electron chi connectivity index (χ3n) is 2.91. The highest BCUT2D eigenvalue weighted by atomic mass is 16.5. The van der Waals surface area contributed by atoms with Crippen molar-refractivity contribution >= 4 is 0 Å². The number of benzene rings is 1. The Morgan fingerprint density at radius 3 is 3.00 bits per heavy atom. The van der Waals surface area contributed by atoms with E-state index in [9.17, 15) is 5.11 Å². The van der Waals surface area contributed by atoms with E-state index in [1.165, 1.54) is 24.0 Å². The minimum atomic E-state index is 0.0856. The van der Waals surface area contributed by atoms with E-state index in [0.29, 0.717) is 0 Å². The molecule has 0 aliphatic carbocycles. The molecule has 15 heavy (non-hydrogen) atoms. The number of fused-ring (bicyclic) bond motifs is 1. The van der Waals surface area contributed by atoms with Crippen LogP contribution >= 0.6 is 0 Å². The van der Waals surface area contributed by atoms with Gasteiger partial charge in [0.1, 0.15) is 5.75 Å². The molecule has 1 heterocycles. The van der Waals surface area contributed by atoms with Crippen molar-refractivity contribution in [2.24, 2.45) is 0 Å². The van der Waals surface area contributed by atoms with Crippen LogP contribution in [0.3, 0.4) is 0 Å². The fourth-order valence-electron chi connectivity index (χ4n) is 2.10. The number of aliphatic hydroxyl groups is 1. The zero-order valence-corrected chi connectivity index (χ0v) is 9.25. The van der Waals surface area contributed by atoms with Crippen LogP contribution in [0.4, 0.5) is 0 Å². The van der Waals surface area contributed by atoms with Gasteiger partial charge < -0.3 is 9.84 Å². The van der Waals surface area contributed by atoms with Crippen molar-refractivity contribution in [2.75, 3.05) is 6.61 Å². The maximum absolute atomic E-state index is 9.27. The van der Waals surface area contributed by atoms with E-state index in [-0.39, 0.29) is 6.61 Å². The molecule has 0 spiro atoms. The summed E-state index contributed by atoms with van der Waals surface area (Å²) in [5.41, 5.74) is 3.56. The summed E-state index contributed by atoms with van der Waals surface area (Å²) in [7, 11) is 0. The maximum Gasteiger partial charge on any atom is 0.128 e. The zero-order chi connectivity index (χ0) is 10.7. The Labute approximate surface area is 90.9 Å². The highest BCUT2D eigenvalue weighted by molar-refractivity contribution is 5.46. The van der Waals surface area contributed by atoms with E-state index in [1.54, 1.807) is 0 Å². The first-order valence-electron chi connectivity index (χ1n) is 5.73. The highest BCUT2D eigenvalue weighted by Gasteiger charge is 2.16. The summed E-state index contributed by atoms with van der Waals surface area (Å²) in [5, 5.41) is 9.27. The van der Waals surface area contributed by atoms with Gasteiger partial charge in [-0.3, -0.25) is 0 Å². The summed E-state index contributed by atoms with van der Waals surface area (Å²) < 4.78 is 5.52. The fraction of sp³-hybridized carbons (Fsp3) is 0.538. The van der Waals surface area contributed by atoms with Crippen molar-refractivity contribution in [2.45, 2.75) is 39.2 Å². The summed E-state index contributed by atoms with van der Waals surface area (Å²) in [6.45, 7) is 3.05. The SMILES string of the molecule is CCCCc1cc(CO)c2c(c1)CCO2. The molecule has 1 aromatic rings. The first kappa shape index (κ1) is 10.5. The summed E-state index contributed by atoms with van der Waals surface area (Å²) >= 11 is 0. The predicted molar refractivity (Wildman–Crippen MR) is 60.2 cm³/mol. The molecule has 1 N–H and O–H groups in total. The lowest BCUT2D eigenvalue weighted by molar-refractivity contribution is 0.270. The second kappa shape index (κ2) is 4.67. The first-order valence-corrected chi connectivity index (χ1v) is 5.73. The molecule has 0 atom stereocenters. The van der Waals surface area contributed by atoms with Crippen LogP contribution < -0.4 is 4.74 Å². The summed E-state index contributed by atoms with van der Waals surface area (Å²) in [6, 6.07) is 4.32. The van der Waals surface area contributed by atoms with Gasteiger partial charge in [0.05, 0.1) is 13.2 Å². The van der Waals surface area contributed by atoms with Crippen LogP contribution in [-0.4, -0.2) is 11.7 Å². The molecule has 2 nitrogen and oxygen atoms in total. The lowest BCUT2D eigenvalue weighted by Crippen LogP contribution is -1.94. The molecule has 0 fully saturated rings. The van der Waals surface area contributed by atoms with Crippen LogP contribution in [0.5, 0.6) is 5.75 Å². The number of rotatable bonds is 4. The minimum Gasteiger partial charge on any atom is -0.493 e. The molecule has 0 saturated carbocycles. The average molecular weight is 206 g/mol. The highest BCUT2D eigenvalue weighted by Crippen LogP contribution is 2.31. The zero-order valence-electron chi connectivity index (χ0n) is 9.25. The van der Waals surface area contributed by atoms with E-state index in [4.69, 9.17) is 4.74 Å². The van der Waals surface area contributed by atoms with Crippen LogP contribution in [-0.2, 0) is 19.4 Å². The van der Waals surface area contributed by atoms with Gasteiger partial charge in [0.2, 0.25) is 0 Å². The van der Waals surface area contributed by atoms with E-state index < -0.39 is 0 Å². The van der Waals surface area contributed by atoms with Crippen molar-refractivity contribution in [3.8, 4) is 5.75 Å². The molecule has 0 amide bonds. The molecule has 0 radical (unpaired) electrons. The Morgan fingerprint density at radius 2 is 2.27 bits per heavy atom. The fourth-order valence-corrected chi connectivity index (χ4v) is 2.10. The summed E-state index contributed by atoms with van der Waals surface area (Å²) in [5.74, 6) is 0.928. The lowest BCUT2D eigenvalue weighted by atomic mass is 10.0. The molecule has 2 heteroatoms.